The average molecular weight is 330 g/mol. The summed E-state index contributed by atoms with van der Waals surface area (Å²) in [5.41, 5.74) is 2.15. The molecule has 0 radical (unpaired) electrons. The number of benzene rings is 1. The molecule has 23 heavy (non-hydrogen) atoms. The van der Waals surface area contributed by atoms with E-state index in [1.54, 1.807) is 0 Å². The van der Waals surface area contributed by atoms with E-state index in [0.29, 0.717) is 16.8 Å². The standard InChI is InChI=1S/C17H22N4OS/c1-2-3-4-12-5-9-14(10-6-12)18-15(22)11-23-17-19-16(20-21-17)13-7-8-13/h5-6,9-10,13H,2-4,7-8,11H2,1H3,(H,18,22)(H,19,20,21). The molecule has 1 fully saturated rings. The average Bonchev–Trinajstić information content (AvgIpc) is 3.31. The molecule has 1 heterocycles. The molecule has 2 N–H and O–H groups in total. The van der Waals surface area contributed by atoms with Crippen LogP contribution in [0.25, 0.3) is 0 Å². The second kappa shape index (κ2) is 7.64. The maximum absolute atomic E-state index is 12.0. The van der Waals surface area contributed by atoms with Crippen LogP contribution in [0.5, 0.6) is 0 Å². The van der Waals surface area contributed by atoms with Gasteiger partial charge in [0.05, 0.1) is 5.75 Å². The smallest absolute Gasteiger partial charge is 0.234 e. The minimum atomic E-state index is -0.0333. The molecule has 1 saturated carbocycles. The van der Waals surface area contributed by atoms with E-state index in [-0.39, 0.29) is 5.91 Å². The van der Waals surface area contributed by atoms with Gasteiger partial charge >= 0.3 is 0 Å². The first-order valence-electron chi connectivity index (χ1n) is 8.18. The van der Waals surface area contributed by atoms with Crippen molar-refractivity contribution in [3.63, 3.8) is 0 Å². The lowest BCUT2D eigenvalue weighted by Gasteiger charge is -2.05. The highest BCUT2D eigenvalue weighted by atomic mass is 32.2. The molecule has 2 aromatic rings. The molecule has 1 aliphatic carbocycles. The maximum atomic E-state index is 12.0. The van der Waals surface area contributed by atoms with Crippen molar-refractivity contribution in [2.24, 2.45) is 0 Å². The monoisotopic (exact) mass is 330 g/mol. The highest BCUT2D eigenvalue weighted by Crippen LogP contribution is 2.38. The van der Waals surface area contributed by atoms with E-state index in [1.807, 2.05) is 12.1 Å². The van der Waals surface area contributed by atoms with Crippen LogP contribution in [-0.4, -0.2) is 26.8 Å². The van der Waals surface area contributed by atoms with Gasteiger partial charge in [-0.1, -0.05) is 37.2 Å². The molecule has 1 aliphatic rings. The summed E-state index contributed by atoms with van der Waals surface area (Å²) in [6, 6.07) is 8.09. The van der Waals surface area contributed by atoms with Gasteiger partial charge in [-0.25, -0.2) is 4.98 Å². The fraction of sp³-hybridized carbons (Fsp3) is 0.471. The zero-order chi connectivity index (χ0) is 16.1. The number of aromatic amines is 1. The number of hydrogen-bond acceptors (Lipinski definition) is 4. The Bertz CT molecular complexity index is 649. The molecular formula is C17H22N4OS. The summed E-state index contributed by atoms with van der Waals surface area (Å²) in [6.45, 7) is 2.19. The van der Waals surface area contributed by atoms with Crippen LogP contribution in [0.3, 0.4) is 0 Å². The second-order valence-electron chi connectivity index (χ2n) is 5.91. The lowest BCUT2D eigenvalue weighted by Crippen LogP contribution is -2.14. The Balaban J connectivity index is 1.44. The summed E-state index contributed by atoms with van der Waals surface area (Å²) >= 11 is 1.36. The van der Waals surface area contributed by atoms with Crippen molar-refractivity contribution in [2.45, 2.75) is 50.1 Å². The molecule has 1 aromatic heterocycles. The lowest BCUT2D eigenvalue weighted by molar-refractivity contribution is -0.113. The van der Waals surface area contributed by atoms with Crippen molar-refractivity contribution in [3.8, 4) is 0 Å². The number of carbonyl (C=O) groups excluding carboxylic acids is 1. The quantitative estimate of drug-likeness (QED) is 0.723. The molecule has 1 aromatic carbocycles. The van der Waals surface area contributed by atoms with Crippen LogP contribution in [-0.2, 0) is 11.2 Å². The molecule has 0 unspecified atom stereocenters. The second-order valence-corrected chi connectivity index (χ2v) is 6.86. The number of aryl methyl sites for hydroxylation is 1. The molecule has 0 atom stereocenters. The van der Waals surface area contributed by atoms with Crippen LogP contribution in [0.2, 0.25) is 0 Å². The molecule has 0 spiro atoms. The Labute approximate surface area is 140 Å². The van der Waals surface area contributed by atoms with Gasteiger partial charge in [0.25, 0.3) is 0 Å². The zero-order valence-electron chi connectivity index (χ0n) is 13.3. The van der Waals surface area contributed by atoms with Crippen molar-refractivity contribution in [2.75, 3.05) is 11.1 Å². The fourth-order valence-electron chi connectivity index (χ4n) is 2.32. The molecule has 122 valence electrons. The number of anilines is 1. The molecule has 3 rings (SSSR count). The predicted molar refractivity (Wildman–Crippen MR) is 92.8 cm³/mol. The first kappa shape index (κ1) is 16.1. The van der Waals surface area contributed by atoms with Crippen molar-refractivity contribution in [1.29, 1.82) is 0 Å². The lowest BCUT2D eigenvalue weighted by atomic mass is 10.1. The fourth-order valence-corrected chi connectivity index (χ4v) is 2.93. The van der Waals surface area contributed by atoms with E-state index in [0.717, 1.165) is 17.9 Å². The number of amides is 1. The van der Waals surface area contributed by atoms with Crippen LogP contribution < -0.4 is 5.32 Å². The number of nitrogens with zero attached hydrogens (tertiary/aromatic N) is 2. The number of thioether (sulfide) groups is 1. The van der Waals surface area contributed by atoms with E-state index in [4.69, 9.17) is 0 Å². The van der Waals surface area contributed by atoms with Crippen LogP contribution in [0, 0.1) is 0 Å². The van der Waals surface area contributed by atoms with Gasteiger partial charge in [0.15, 0.2) is 0 Å². The van der Waals surface area contributed by atoms with Crippen LogP contribution in [0.1, 0.15) is 49.9 Å². The summed E-state index contributed by atoms with van der Waals surface area (Å²) in [7, 11) is 0. The van der Waals surface area contributed by atoms with Crippen molar-refractivity contribution >= 4 is 23.4 Å². The highest BCUT2D eigenvalue weighted by Gasteiger charge is 2.27. The largest absolute Gasteiger partial charge is 0.325 e. The number of unbranched alkanes of at least 4 members (excludes halogenated alkanes) is 1. The number of rotatable bonds is 8. The summed E-state index contributed by atoms with van der Waals surface area (Å²) in [5, 5.41) is 10.7. The van der Waals surface area contributed by atoms with Gasteiger partial charge in [0.1, 0.15) is 5.82 Å². The summed E-state index contributed by atoms with van der Waals surface area (Å²) in [5.74, 6) is 1.79. The predicted octanol–water partition coefficient (Wildman–Crippen LogP) is 3.76. The summed E-state index contributed by atoms with van der Waals surface area (Å²) in [4.78, 5) is 16.4. The van der Waals surface area contributed by atoms with E-state index in [2.05, 4.69) is 39.6 Å². The van der Waals surface area contributed by atoms with E-state index in [9.17, 15) is 4.79 Å². The number of nitrogens with one attached hydrogen (secondary N) is 2. The van der Waals surface area contributed by atoms with Crippen molar-refractivity contribution in [3.05, 3.63) is 35.7 Å². The third-order valence-corrected chi connectivity index (χ3v) is 4.68. The Kier molecular flexibility index (Phi) is 5.33. The molecule has 0 aliphatic heterocycles. The van der Waals surface area contributed by atoms with Gasteiger partial charge in [0, 0.05) is 11.6 Å². The van der Waals surface area contributed by atoms with Crippen molar-refractivity contribution < 1.29 is 4.79 Å². The molecule has 0 saturated heterocycles. The highest BCUT2D eigenvalue weighted by molar-refractivity contribution is 7.99. The SMILES string of the molecule is CCCCc1ccc(NC(=O)CSc2n[nH]c(C3CC3)n2)cc1. The van der Waals surface area contributed by atoms with Crippen LogP contribution >= 0.6 is 11.8 Å². The van der Waals surface area contributed by atoms with Gasteiger partial charge in [0.2, 0.25) is 11.1 Å². The molecule has 6 heteroatoms. The Morgan fingerprint density at radius 2 is 2.13 bits per heavy atom. The molecule has 1 amide bonds. The van der Waals surface area contributed by atoms with Gasteiger partial charge in [-0.2, -0.15) is 0 Å². The topological polar surface area (TPSA) is 70.7 Å². The number of H-pyrrole nitrogens is 1. The summed E-state index contributed by atoms with van der Waals surface area (Å²) in [6.07, 6.45) is 5.86. The third-order valence-electron chi connectivity index (χ3n) is 3.84. The van der Waals surface area contributed by atoms with E-state index in [1.165, 1.54) is 43.0 Å². The van der Waals surface area contributed by atoms with E-state index < -0.39 is 0 Å². The summed E-state index contributed by atoms with van der Waals surface area (Å²) < 4.78 is 0. The van der Waals surface area contributed by atoms with Crippen LogP contribution in [0.15, 0.2) is 29.4 Å². The first-order valence-corrected chi connectivity index (χ1v) is 9.17. The first-order chi connectivity index (χ1) is 11.2. The zero-order valence-corrected chi connectivity index (χ0v) is 14.2. The number of hydrogen-bond donors (Lipinski definition) is 2. The van der Waals surface area contributed by atoms with Crippen LogP contribution in [0.4, 0.5) is 5.69 Å². The number of carbonyl (C=O) groups is 1. The Morgan fingerprint density at radius 3 is 2.83 bits per heavy atom. The number of aromatic nitrogens is 3. The normalized spacial score (nSPS) is 14.0. The Morgan fingerprint density at radius 1 is 1.35 bits per heavy atom. The van der Waals surface area contributed by atoms with Gasteiger partial charge < -0.3 is 5.32 Å². The van der Waals surface area contributed by atoms with Gasteiger partial charge in [-0.15, -0.1) is 5.10 Å². The molecule has 5 nitrogen and oxygen atoms in total. The molecular weight excluding hydrogens is 308 g/mol. The minimum Gasteiger partial charge on any atom is -0.325 e. The Hall–Kier alpha value is -1.82. The van der Waals surface area contributed by atoms with Gasteiger partial charge in [-0.05, 0) is 43.4 Å². The van der Waals surface area contributed by atoms with Gasteiger partial charge in [-0.3, -0.25) is 9.89 Å². The van der Waals surface area contributed by atoms with Crippen molar-refractivity contribution in [1.82, 2.24) is 15.2 Å². The molecule has 0 bridgehead atoms. The van der Waals surface area contributed by atoms with E-state index >= 15 is 0 Å². The maximum Gasteiger partial charge on any atom is 0.234 e. The third kappa shape index (κ3) is 4.82. The minimum absolute atomic E-state index is 0.0333.